The second-order valence-corrected chi connectivity index (χ2v) is 2.17. The van der Waals surface area contributed by atoms with Crippen LogP contribution in [0.3, 0.4) is 0 Å². The number of hydrazine groups is 2. The molecule has 0 spiro atoms. The molecule has 6 N–H and O–H groups in total. The fourth-order valence-electron chi connectivity index (χ4n) is 0.572. The molecule has 0 heterocycles. The van der Waals surface area contributed by atoms with Gasteiger partial charge in [0, 0.05) is 0 Å². The van der Waals surface area contributed by atoms with Gasteiger partial charge >= 0.3 is 12.2 Å². The summed E-state index contributed by atoms with van der Waals surface area (Å²) in [6.07, 6.45) is -1.48. The summed E-state index contributed by atoms with van der Waals surface area (Å²) in [6, 6.07) is 0. The van der Waals surface area contributed by atoms with Gasteiger partial charge in [0.15, 0.2) is 0 Å². The monoisotopic (exact) mass is 222 g/mol. The first-order valence-electron chi connectivity index (χ1n) is 4.05. The van der Waals surface area contributed by atoms with Gasteiger partial charge in [-0.25, -0.2) is 21.3 Å². The normalized spacial score (nSPS) is 9.20. The molecule has 0 saturated carbocycles. The molecule has 0 aliphatic rings. The zero-order chi connectivity index (χ0) is 11.5. The topological polar surface area (TPSA) is 138 Å². The summed E-state index contributed by atoms with van der Waals surface area (Å²) in [7, 11) is 0. The summed E-state index contributed by atoms with van der Waals surface area (Å²) in [5.41, 5.74) is 3.56. The summed E-state index contributed by atoms with van der Waals surface area (Å²) >= 11 is 0. The van der Waals surface area contributed by atoms with Crippen molar-refractivity contribution in [2.45, 2.75) is 0 Å². The lowest BCUT2D eigenvalue weighted by molar-refractivity contribution is 0.0457. The Balaban J connectivity index is 3.11. The standard InChI is InChI=1S/C6H14N4O5/c7-9-5(11)14-3-1-13-2-4-15-6(12)10-8/h1-4,7-8H2,(H,9,11)(H,10,12). The number of rotatable bonds is 6. The van der Waals surface area contributed by atoms with Crippen molar-refractivity contribution >= 4 is 12.2 Å². The molecule has 0 fully saturated rings. The highest BCUT2D eigenvalue weighted by molar-refractivity contribution is 5.66. The summed E-state index contributed by atoms with van der Waals surface area (Å²) in [6.45, 7) is 0.486. The molecule has 2 amide bonds. The van der Waals surface area contributed by atoms with Gasteiger partial charge in [-0.1, -0.05) is 0 Å². The van der Waals surface area contributed by atoms with Crippen molar-refractivity contribution in [3.8, 4) is 0 Å². The molecule has 9 heteroatoms. The SMILES string of the molecule is NNC(=O)OCCOCCOC(=O)NN. The van der Waals surface area contributed by atoms with Gasteiger partial charge in [0.1, 0.15) is 13.2 Å². The fraction of sp³-hybridized carbons (Fsp3) is 0.667. The van der Waals surface area contributed by atoms with Crippen molar-refractivity contribution in [3.63, 3.8) is 0 Å². The maximum Gasteiger partial charge on any atom is 0.421 e. The minimum atomic E-state index is -0.739. The van der Waals surface area contributed by atoms with Crippen LogP contribution >= 0.6 is 0 Å². The van der Waals surface area contributed by atoms with Crippen LogP contribution < -0.4 is 22.5 Å². The molecule has 88 valence electrons. The number of nitrogens with two attached hydrogens (primary N) is 2. The first kappa shape index (κ1) is 13.4. The van der Waals surface area contributed by atoms with Gasteiger partial charge in [0.2, 0.25) is 0 Å². The van der Waals surface area contributed by atoms with E-state index in [1.54, 1.807) is 10.9 Å². The molecule has 0 aromatic rings. The van der Waals surface area contributed by atoms with Gasteiger partial charge < -0.3 is 14.2 Å². The predicted octanol–water partition coefficient (Wildman–Crippen LogP) is -1.80. The number of carbonyl (C=O) groups excluding carboxylic acids is 2. The van der Waals surface area contributed by atoms with E-state index in [2.05, 4.69) is 9.47 Å². The Kier molecular flexibility index (Phi) is 8.05. The molecular weight excluding hydrogens is 208 g/mol. The highest BCUT2D eigenvalue weighted by atomic mass is 16.6. The maximum absolute atomic E-state index is 10.4. The first-order chi connectivity index (χ1) is 7.20. The van der Waals surface area contributed by atoms with Crippen molar-refractivity contribution in [1.29, 1.82) is 0 Å². The molecule has 0 aromatic heterocycles. The van der Waals surface area contributed by atoms with E-state index in [1.165, 1.54) is 0 Å². The van der Waals surface area contributed by atoms with Crippen LogP contribution in [-0.2, 0) is 14.2 Å². The second kappa shape index (κ2) is 8.99. The molecule has 15 heavy (non-hydrogen) atoms. The zero-order valence-electron chi connectivity index (χ0n) is 8.02. The van der Waals surface area contributed by atoms with Crippen molar-refractivity contribution in [3.05, 3.63) is 0 Å². The molecule has 0 aliphatic heterocycles. The van der Waals surface area contributed by atoms with E-state index >= 15 is 0 Å². The quantitative estimate of drug-likeness (QED) is 0.180. The summed E-state index contributed by atoms with van der Waals surface area (Å²) in [4.78, 5) is 20.8. The van der Waals surface area contributed by atoms with Crippen LogP contribution in [0.4, 0.5) is 9.59 Å². The van der Waals surface area contributed by atoms with E-state index in [0.29, 0.717) is 0 Å². The lowest BCUT2D eigenvalue weighted by atomic mass is 10.7. The molecule has 0 aromatic carbocycles. The third-order valence-electron chi connectivity index (χ3n) is 1.16. The van der Waals surface area contributed by atoms with E-state index in [0.717, 1.165) is 0 Å². The van der Waals surface area contributed by atoms with Gasteiger partial charge in [-0.3, -0.25) is 10.9 Å². The number of nitrogens with one attached hydrogen (secondary N) is 2. The second-order valence-electron chi connectivity index (χ2n) is 2.17. The van der Waals surface area contributed by atoms with Crippen LogP contribution in [0, 0.1) is 0 Å². The van der Waals surface area contributed by atoms with E-state index in [9.17, 15) is 9.59 Å². The van der Waals surface area contributed by atoms with E-state index in [4.69, 9.17) is 16.4 Å². The van der Waals surface area contributed by atoms with Crippen molar-refractivity contribution < 1.29 is 23.8 Å². The van der Waals surface area contributed by atoms with Gasteiger partial charge in [-0.05, 0) is 0 Å². The van der Waals surface area contributed by atoms with E-state index in [1.807, 2.05) is 0 Å². The lowest BCUT2D eigenvalue weighted by Crippen LogP contribution is -2.32. The van der Waals surface area contributed by atoms with Crippen molar-refractivity contribution in [2.24, 2.45) is 11.7 Å². The summed E-state index contributed by atoms with van der Waals surface area (Å²) in [5, 5.41) is 0. The van der Waals surface area contributed by atoms with Crippen LogP contribution in [0.25, 0.3) is 0 Å². The molecule has 0 saturated heterocycles. The predicted molar refractivity (Wildman–Crippen MR) is 48.2 cm³/mol. The molecule has 0 rings (SSSR count). The molecule has 0 unspecified atom stereocenters. The molecule has 9 nitrogen and oxygen atoms in total. The minimum Gasteiger partial charge on any atom is -0.446 e. The van der Waals surface area contributed by atoms with E-state index in [-0.39, 0.29) is 26.4 Å². The number of hydrogen-bond donors (Lipinski definition) is 4. The van der Waals surface area contributed by atoms with Crippen LogP contribution in [0.5, 0.6) is 0 Å². The number of ether oxygens (including phenoxy) is 3. The van der Waals surface area contributed by atoms with Crippen LogP contribution in [0.2, 0.25) is 0 Å². The van der Waals surface area contributed by atoms with E-state index < -0.39 is 12.2 Å². The Bertz CT molecular complexity index is 180. The number of amides is 2. The Hall–Kier alpha value is -1.58. The molecule has 0 atom stereocenters. The van der Waals surface area contributed by atoms with Crippen molar-refractivity contribution in [1.82, 2.24) is 10.9 Å². The highest BCUT2D eigenvalue weighted by Crippen LogP contribution is 1.81. The Morgan fingerprint density at radius 2 is 1.27 bits per heavy atom. The lowest BCUT2D eigenvalue weighted by Gasteiger charge is -2.05. The summed E-state index contributed by atoms with van der Waals surface area (Å²) < 4.78 is 13.9. The Labute approximate surface area is 85.9 Å². The average Bonchev–Trinajstić information content (AvgIpc) is 2.26. The Morgan fingerprint density at radius 3 is 1.60 bits per heavy atom. The van der Waals surface area contributed by atoms with Crippen LogP contribution in [0.1, 0.15) is 0 Å². The van der Waals surface area contributed by atoms with Gasteiger partial charge in [-0.2, -0.15) is 0 Å². The molecular formula is C6H14N4O5. The largest absolute Gasteiger partial charge is 0.446 e. The van der Waals surface area contributed by atoms with Crippen LogP contribution in [-0.4, -0.2) is 38.6 Å². The van der Waals surface area contributed by atoms with Gasteiger partial charge in [0.25, 0.3) is 0 Å². The molecule has 0 bridgehead atoms. The van der Waals surface area contributed by atoms with Gasteiger partial charge in [0.05, 0.1) is 13.2 Å². The molecule has 0 radical (unpaired) electrons. The maximum atomic E-state index is 10.4. The molecule has 0 aliphatic carbocycles. The fourth-order valence-corrected chi connectivity index (χ4v) is 0.572. The first-order valence-corrected chi connectivity index (χ1v) is 4.05. The number of hydrogen-bond acceptors (Lipinski definition) is 7. The smallest absolute Gasteiger partial charge is 0.421 e. The van der Waals surface area contributed by atoms with Crippen LogP contribution in [0.15, 0.2) is 0 Å². The van der Waals surface area contributed by atoms with Crippen molar-refractivity contribution in [2.75, 3.05) is 26.4 Å². The summed E-state index contributed by atoms with van der Waals surface area (Å²) in [5.74, 6) is 9.48. The Morgan fingerprint density at radius 1 is 0.867 bits per heavy atom. The van der Waals surface area contributed by atoms with Gasteiger partial charge in [-0.15, -0.1) is 0 Å². The average molecular weight is 222 g/mol. The third-order valence-corrected chi connectivity index (χ3v) is 1.16. The zero-order valence-corrected chi connectivity index (χ0v) is 8.02. The number of carbonyl (C=O) groups is 2. The minimum absolute atomic E-state index is 0.0616. The third kappa shape index (κ3) is 8.74. The highest BCUT2D eigenvalue weighted by Gasteiger charge is 1.98.